The summed E-state index contributed by atoms with van der Waals surface area (Å²) in [6.45, 7) is 5.78. The van der Waals surface area contributed by atoms with Crippen molar-refractivity contribution in [3.05, 3.63) is 35.8 Å². The van der Waals surface area contributed by atoms with Crippen LogP contribution in [0.3, 0.4) is 0 Å². The number of carbonyl (C=O) groups excluding carboxylic acids is 1. The third kappa shape index (κ3) is 6.21. The van der Waals surface area contributed by atoms with Crippen molar-refractivity contribution in [2.75, 3.05) is 50.0 Å². The molecule has 2 aromatic heterocycles. The molecule has 1 amide bonds. The van der Waals surface area contributed by atoms with Gasteiger partial charge >= 0.3 is 0 Å². The van der Waals surface area contributed by atoms with Gasteiger partial charge in [0, 0.05) is 50.4 Å². The predicted molar refractivity (Wildman–Crippen MR) is 131 cm³/mol. The van der Waals surface area contributed by atoms with Crippen LogP contribution in [-0.2, 0) is 16.1 Å². The lowest BCUT2D eigenvalue weighted by Gasteiger charge is -2.26. The van der Waals surface area contributed by atoms with Crippen molar-refractivity contribution in [2.45, 2.75) is 51.0 Å². The minimum atomic E-state index is 0.211. The number of morpholine rings is 1. The van der Waals surface area contributed by atoms with E-state index in [1.54, 1.807) is 0 Å². The smallest absolute Gasteiger partial charge is 0.229 e. The molecule has 9 heteroatoms. The lowest BCUT2D eigenvalue weighted by atomic mass is 9.85. The van der Waals surface area contributed by atoms with Gasteiger partial charge in [0.05, 0.1) is 30.8 Å². The highest BCUT2D eigenvalue weighted by molar-refractivity contribution is 5.79. The first-order valence-electron chi connectivity index (χ1n) is 12.7. The third-order valence-corrected chi connectivity index (χ3v) is 6.83. The number of aromatic nitrogens is 3. The molecule has 0 atom stereocenters. The molecule has 0 unspecified atom stereocenters. The molecule has 3 aliphatic rings. The van der Waals surface area contributed by atoms with Gasteiger partial charge in [-0.1, -0.05) is 6.42 Å². The summed E-state index contributed by atoms with van der Waals surface area (Å²) in [5, 5.41) is 9.82. The van der Waals surface area contributed by atoms with E-state index >= 15 is 0 Å². The molecule has 1 saturated heterocycles. The Kier molecular flexibility index (Phi) is 7.50. The number of ether oxygens (including phenoxy) is 1. The highest BCUT2D eigenvalue weighted by atomic mass is 16.5. The normalized spacial score (nSPS) is 18.8. The van der Waals surface area contributed by atoms with E-state index in [9.17, 15) is 4.79 Å². The molecular weight excluding hydrogens is 430 g/mol. The maximum absolute atomic E-state index is 12.0. The van der Waals surface area contributed by atoms with E-state index in [0.29, 0.717) is 18.4 Å². The van der Waals surface area contributed by atoms with Gasteiger partial charge < -0.3 is 20.7 Å². The van der Waals surface area contributed by atoms with Crippen molar-refractivity contribution in [2.24, 2.45) is 5.92 Å². The van der Waals surface area contributed by atoms with Gasteiger partial charge in [-0.25, -0.2) is 4.98 Å². The van der Waals surface area contributed by atoms with Crippen LogP contribution in [0.2, 0.25) is 0 Å². The number of nitrogens with zero attached hydrogens (tertiary/aromatic N) is 4. The van der Waals surface area contributed by atoms with Crippen LogP contribution < -0.4 is 16.0 Å². The van der Waals surface area contributed by atoms with Crippen LogP contribution in [0.5, 0.6) is 0 Å². The summed E-state index contributed by atoms with van der Waals surface area (Å²) in [7, 11) is 0. The second-order valence-electron chi connectivity index (χ2n) is 9.52. The summed E-state index contributed by atoms with van der Waals surface area (Å²) in [5.74, 6) is 2.46. The van der Waals surface area contributed by atoms with Crippen molar-refractivity contribution >= 4 is 23.4 Å². The van der Waals surface area contributed by atoms with Gasteiger partial charge in [0.2, 0.25) is 11.9 Å². The van der Waals surface area contributed by atoms with E-state index in [-0.39, 0.29) is 11.8 Å². The number of carbonyl (C=O) groups is 1. The first-order valence-corrected chi connectivity index (χ1v) is 12.7. The second-order valence-corrected chi connectivity index (χ2v) is 9.52. The minimum absolute atomic E-state index is 0.211. The number of amides is 1. The van der Waals surface area contributed by atoms with Crippen LogP contribution in [0.15, 0.2) is 24.5 Å². The standard InChI is InChI=1S/C25H35N7O2/c33-24(19-3-1-4-19)27-10-2-9-26-23-22(18-5-6-18)16-29-25(31-23)30-20-7-8-21(28-15-20)17-32-11-13-34-14-12-32/h7-8,15-16,18-19H,1-6,9-14,17H2,(H,27,33)(H2,26,29,30,31). The summed E-state index contributed by atoms with van der Waals surface area (Å²) < 4.78 is 5.41. The van der Waals surface area contributed by atoms with Crippen LogP contribution in [0.4, 0.5) is 17.5 Å². The quantitative estimate of drug-likeness (QED) is 0.435. The Morgan fingerprint density at radius 2 is 1.91 bits per heavy atom. The molecule has 5 rings (SSSR count). The topological polar surface area (TPSA) is 104 Å². The van der Waals surface area contributed by atoms with Crippen molar-refractivity contribution < 1.29 is 9.53 Å². The van der Waals surface area contributed by atoms with E-state index in [1.165, 1.54) is 24.8 Å². The largest absolute Gasteiger partial charge is 0.379 e. The Balaban J connectivity index is 1.13. The van der Waals surface area contributed by atoms with Crippen molar-refractivity contribution in [1.29, 1.82) is 0 Å². The van der Waals surface area contributed by atoms with Crippen LogP contribution in [0.25, 0.3) is 0 Å². The first-order chi connectivity index (χ1) is 16.7. The molecule has 2 aliphatic carbocycles. The fourth-order valence-electron chi connectivity index (χ4n) is 4.32. The van der Waals surface area contributed by atoms with Gasteiger partial charge in [0.1, 0.15) is 5.82 Å². The Labute approximate surface area is 201 Å². The highest BCUT2D eigenvalue weighted by Crippen LogP contribution is 2.42. The number of pyridine rings is 1. The van der Waals surface area contributed by atoms with Crippen molar-refractivity contribution in [3.8, 4) is 0 Å². The van der Waals surface area contributed by atoms with Gasteiger partial charge in [0.25, 0.3) is 0 Å². The van der Waals surface area contributed by atoms with Crippen LogP contribution in [-0.4, -0.2) is 65.2 Å². The molecule has 0 bridgehead atoms. The van der Waals surface area contributed by atoms with Crippen molar-refractivity contribution in [3.63, 3.8) is 0 Å². The molecule has 182 valence electrons. The van der Waals surface area contributed by atoms with E-state index in [0.717, 1.165) is 75.9 Å². The Morgan fingerprint density at radius 3 is 2.62 bits per heavy atom. The number of hydrogen-bond acceptors (Lipinski definition) is 8. The Hall–Kier alpha value is -2.78. The fourth-order valence-corrected chi connectivity index (χ4v) is 4.32. The maximum Gasteiger partial charge on any atom is 0.229 e. The first kappa shape index (κ1) is 23.0. The molecule has 2 saturated carbocycles. The van der Waals surface area contributed by atoms with E-state index in [1.807, 2.05) is 24.5 Å². The Bertz CT molecular complexity index is 954. The molecule has 9 nitrogen and oxygen atoms in total. The summed E-state index contributed by atoms with van der Waals surface area (Å²) in [5.41, 5.74) is 3.10. The number of nitrogens with one attached hydrogen (secondary N) is 3. The molecule has 0 aromatic carbocycles. The average molecular weight is 466 g/mol. The molecule has 0 radical (unpaired) electrons. The maximum atomic E-state index is 12.0. The third-order valence-electron chi connectivity index (χ3n) is 6.83. The molecule has 1 aliphatic heterocycles. The van der Waals surface area contributed by atoms with Crippen LogP contribution in [0, 0.1) is 5.92 Å². The van der Waals surface area contributed by atoms with Gasteiger partial charge in [-0.2, -0.15) is 4.98 Å². The summed E-state index contributed by atoms with van der Waals surface area (Å²) in [4.78, 5) is 28.2. The lowest BCUT2D eigenvalue weighted by Crippen LogP contribution is -2.35. The fraction of sp³-hybridized carbons (Fsp3) is 0.600. The average Bonchev–Trinajstić information content (AvgIpc) is 3.65. The molecule has 34 heavy (non-hydrogen) atoms. The van der Waals surface area contributed by atoms with Gasteiger partial charge in [0.15, 0.2) is 0 Å². The predicted octanol–water partition coefficient (Wildman–Crippen LogP) is 3.04. The van der Waals surface area contributed by atoms with Gasteiger partial charge in [-0.15, -0.1) is 0 Å². The number of hydrogen-bond donors (Lipinski definition) is 3. The summed E-state index contributed by atoms with van der Waals surface area (Å²) in [6.07, 6.45) is 10.3. The van der Waals surface area contributed by atoms with E-state index in [4.69, 9.17) is 9.72 Å². The minimum Gasteiger partial charge on any atom is -0.379 e. The van der Waals surface area contributed by atoms with Crippen LogP contribution in [0.1, 0.15) is 55.7 Å². The lowest BCUT2D eigenvalue weighted by molar-refractivity contribution is -0.127. The zero-order chi connectivity index (χ0) is 23.2. The summed E-state index contributed by atoms with van der Waals surface area (Å²) in [6, 6.07) is 4.08. The molecular formula is C25H35N7O2. The molecule has 2 aromatic rings. The van der Waals surface area contributed by atoms with Gasteiger partial charge in [-0.3, -0.25) is 14.7 Å². The Morgan fingerprint density at radius 1 is 1.06 bits per heavy atom. The van der Waals surface area contributed by atoms with Crippen molar-refractivity contribution in [1.82, 2.24) is 25.2 Å². The zero-order valence-corrected chi connectivity index (χ0v) is 19.8. The summed E-state index contributed by atoms with van der Waals surface area (Å²) >= 11 is 0. The van der Waals surface area contributed by atoms with Gasteiger partial charge in [-0.05, 0) is 50.2 Å². The number of anilines is 3. The molecule has 3 fully saturated rings. The zero-order valence-electron chi connectivity index (χ0n) is 19.8. The van der Waals surface area contributed by atoms with E-state index < -0.39 is 0 Å². The SMILES string of the molecule is O=C(NCCCNc1nc(Nc2ccc(CN3CCOCC3)nc2)ncc1C1CC1)C1CCC1. The molecule has 0 spiro atoms. The molecule has 3 heterocycles. The molecule has 3 N–H and O–H groups in total. The second kappa shape index (κ2) is 11.1. The van der Waals surface area contributed by atoms with Crippen LogP contribution >= 0.6 is 0 Å². The monoisotopic (exact) mass is 465 g/mol. The van der Waals surface area contributed by atoms with E-state index in [2.05, 4.69) is 30.8 Å². The number of rotatable bonds is 11. The highest BCUT2D eigenvalue weighted by Gasteiger charge is 2.28.